The van der Waals surface area contributed by atoms with Crippen molar-refractivity contribution >= 4 is 16.5 Å². The molecule has 3 saturated carbocycles. The Morgan fingerprint density at radius 1 is 0.860 bits per heavy atom. The first kappa shape index (κ1) is 29.4. The lowest BCUT2D eigenvalue weighted by Crippen LogP contribution is -2.63. The molecule has 0 aromatic heterocycles. The fourth-order valence-electron chi connectivity index (χ4n) is 11.3. The number of rotatable bonds is 5. The van der Waals surface area contributed by atoms with Crippen LogP contribution in [-0.4, -0.2) is 17.1 Å². The topological polar surface area (TPSA) is 55.3 Å². The summed E-state index contributed by atoms with van der Waals surface area (Å²) in [5, 5.41) is 2.83. The van der Waals surface area contributed by atoms with Crippen molar-refractivity contribution in [3.05, 3.63) is 77.4 Å². The van der Waals surface area contributed by atoms with Crippen molar-refractivity contribution in [1.82, 2.24) is 0 Å². The largest absolute Gasteiger partial charge is 0.362 e. The van der Waals surface area contributed by atoms with Crippen LogP contribution in [0.2, 0.25) is 0 Å². The van der Waals surface area contributed by atoms with E-state index in [4.69, 9.17) is 11.5 Å². The van der Waals surface area contributed by atoms with Crippen LogP contribution in [0.4, 0.5) is 5.69 Å². The summed E-state index contributed by atoms with van der Waals surface area (Å²) >= 11 is 0. The molecule has 9 unspecified atom stereocenters. The fourth-order valence-corrected chi connectivity index (χ4v) is 11.3. The van der Waals surface area contributed by atoms with Gasteiger partial charge in [0.2, 0.25) is 0 Å². The van der Waals surface area contributed by atoms with Gasteiger partial charge in [-0.15, -0.1) is 0 Å². The summed E-state index contributed by atoms with van der Waals surface area (Å²) in [5.41, 5.74) is 20.2. The molecule has 0 bridgehead atoms. The smallest absolute Gasteiger partial charge is 0.0453 e. The zero-order chi connectivity index (χ0) is 30.1. The average molecular weight is 578 g/mol. The third-order valence-corrected chi connectivity index (χ3v) is 13.3. The predicted octanol–water partition coefficient (Wildman–Crippen LogP) is 9.41. The van der Waals surface area contributed by atoms with E-state index in [0.29, 0.717) is 29.2 Å². The number of fused-ring (bicyclic) bond motifs is 5. The lowest BCUT2D eigenvalue weighted by Gasteiger charge is -2.57. The summed E-state index contributed by atoms with van der Waals surface area (Å²) in [6, 6.07) is 23.4. The molecule has 1 heterocycles. The molecule has 4 fully saturated rings. The first-order valence-electron chi connectivity index (χ1n) is 17.5. The van der Waals surface area contributed by atoms with E-state index in [-0.39, 0.29) is 17.1 Å². The molecule has 9 atom stereocenters. The first-order chi connectivity index (χ1) is 20.5. The van der Waals surface area contributed by atoms with Crippen LogP contribution in [0.25, 0.3) is 10.8 Å². The summed E-state index contributed by atoms with van der Waals surface area (Å²) in [7, 11) is 0. The van der Waals surface area contributed by atoms with E-state index in [2.05, 4.69) is 100 Å². The molecule has 1 aliphatic heterocycles. The van der Waals surface area contributed by atoms with Gasteiger partial charge in [0.15, 0.2) is 0 Å². The molecule has 0 radical (unpaired) electrons. The van der Waals surface area contributed by atoms with Gasteiger partial charge in [0.1, 0.15) is 0 Å². The van der Waals surface area contributed by atoms with Crippen LogP contribution in [0.1, 0.15) is 121 Å². The average Bonchev–Trinajstić information content (AvgIpc) is 3.17. The van der Waals surface area contributed by atoms with Crippen molar-refractivity contribution < 1.29 is 0 Å². The molecular formula is C40H55N3. The molecule has 4 N–H and O–H groups in total. The summed E-state index contributed by atoms with van der Waals surface area (Å²) < 4.78 is 0. The summed E-state index contributed by atoms with van der Waals surface area (Å²) in [6.07, 6.45) is 12.6. The molecular weight excluding hydrogens is 522 g/mol. The highest BCUT2D eigenvalue weighted by molar-refractivity contribution is 5.97. The quantitative estimate of drug-likeness (QED) is 0.318. The van der Waals surface area contributed by atoms with Gasteiger partial charge in [0.25, 0.3) is 0 Å². The molecule has 3 nitrogen and oxygen atoms in total. The van der Waals surface area contributed by atoms with Crippen LogP contribution in [0.15, 0.2) is 60.7 Å². The number of hydrogen-bond acceptors (Lipinski definition) is 3. The minimum absolute atomic E-state index is 0.0140. The van der Waals surface area contributed by atoms with E-state index in [9.17, 15) is 0 Å². The highest BCUT2D eigenvalue weighted by atomic mass is 15.3. The van der Waals surface area contributed by atoms with Crippen LogP contribution in [-0.2, 0) is 0 Å². The van der Waals surface area contributed by atoms with E-state index in [1.165, 1.54) is 90.9 Å². The van der Waals surface area contributed by atoms with Crippen molar-refractivity contribution in [1.29, 1.82) is 0 Å². The van der Waals surface area contributed by atoms with E-state index in [1.807, 2.05) is 0 Å². The van der Waals surface area contributed by atoms with Gasteiger partial charge in [-0.05, 0) is 116 Å². The van der Waals surface area contributed by atoms with Crippen LogP contribution < -0.4 is 16.4 Å². The van der Waals surface area contributed by atoms with Gasteiger partial charge in [0.05, 0.1) is 0 Å². The number of nitrogens with zero attached hydrogens (tertiary/aromatic N) is 1. The van der Waals surface area contributed by atoms with Crippen molar-refractivity contribution in [2.24, 2.45) is 34.6 Å². The number of benzene rings is 3. The molecule has 230 valence electrons. The van der Waals surface area contributed by atoms with Crippen LogP contribution >= 0.6 is 0 Å². The Morgan fingerprint density at radius 2 is 1.60 bits per heavy atom. The number of anilines is 1. The first-order valence-corrected chi connectivity index (χ1v) is 17.5. The lowest BCUT2D eigenvalue weighted by molar-refractivity contribution is -0.00615. The van der Waals surface area contributed by atoms with Crippen LogP contribution in [0, 0.1) is 30.1 Å². The number of hydrogen-bond donors (Lipinski definition) is 2. The fraction of sp³-hybridized carbons (Fsp3) is 0.600. The zero-order valence-corrected chi connectivity index (χ0v) is 27.4. The summed E-state index contributed by atoms with van der Waals surface area (Å²) in [5.74, 6) is 2.40. The van der Waals surface area contributed by atoms with Crippen molar-refractivity contribution in [3.8, 4) is 0 Å². The normalized spacial score (nSPS) is 37.0. The molecule has 3 aliphatic carbocycles. The maximum atomic E-state index is 7.44. The van der Waals surface area contributed by atoms with E-state index in [0.717, 1.165) is 12.3 Å². The molecule has 3 heteroatoms. The maximum absolute atomic E-state index is 7.44. The zero-order valence-electron chi connectivity index (χ0n) is 27.4. The lowest BCUT2D eigenvalue weighted by atomic mass is 9.51. The van der Waals surface area contributed by atoms with Gasteiger partial charge in [-0.1, -0.05) is 94.6 Å². The molecule has 3 aromatic rings. The second-order valence-corrected chi connectivity index (χ2v) is 16.1. The summed E-state index contributed by atoms with van der Waals surface area (Å²) in [6.45, 7) is 12.3. The Bertz CT molecular complexity index is 1500. The van der Waals surface area contributed by atoms with Gasteiger partial charge in [0, 0.05) is 34.2 Å². The molecule has 0 amide bonds. The van der Waals surface area contributed by atoms with Gasteiger partial charge in [-0.25, -0.2) is 0 Å². The highest BCUT2D eigenvalue weighted by Crippen LogP contribution is 2.66. The van der Waals surface area contributed by atoms with Crippen molar-refractivity contribution in [3.63, 3.8) is 0 Å². The molecule has 0 spiro atoms. The minimum Gasteiger partial charge on any atom is -0.362 e. The second kappa shape index (κ2) is 10.6. The highest BCUT2D eigenvalue weighted by Gasteiger charge is 2.67. The minimum atomic E-state index is 0.0140. The van der Waals surface area contributed by atoms with Gasteiger partial charge in [-0.3, -0.25) is 0 Å². The standard InChI is InChI=1S/C40H55N3/c1-26-17-18-29-24-39(5)36(25-40(29,42)23-26)38(4)21-11-10-16-37(38)43(39)35-20-19-30(32-14-8-9-15-33(32)35)28(3)22-34(41)31-13-7-6-12-27(31)2/h6-9,12-15,19-20,26,28-29,34,36-37H,10-11,16-18,21-25,41-42H2,1-5H3. The molecule has 43 heavy (non-hydrogen) atoms. The van der Waals surface area contributed by atoms with E-state index in [1.54, 1.807) is 0 Å². The monoisotopic (exact) mass is 577 g/mol. The van der Waals surface area contributed by atoms with Crippen molar-refractivity contribution in [2.45, 2.75) is 128 Å². The van der Waals surface area contributed by atoms with Gasteiger partial charge in [-0.2, -0.15) is 0 Å². The number of nitrogens with two attached hydrogens (primary N) is 2. The second-order valence-electron chi connectivity index (χ2n) is 16.1. The number of aryl methyl sites for hydroxylation is 1. The Balaban J connectivity index is 1.29. The van der Waals surface area contributed by atoms with Crippen LogP contribution in [0.5, 0.6) is 0 Å². The SMILES string of the molecule is Cc1ccccc1C(N)CC(C)c1ccc(N2C3CCCCC3(C)C3CC4(N)CC(C)CCC4CC32C)c2ccccc12. The van der Waals surface area contributed by atoms with Gasteiger partial charge >= 0.3 is 0 Å². The molecule has 3 aromatic carbocycles. The summed E-state index contributed by atoms with van der Waals surface area (Å²) in [4.78, 5) is 2.99. The molecule has 7 rings (SSSR count). The Morgan fingerprint density at radius 3 is 2.40 bits per heavy atom. The molecule has 4 aliphatic rings. The predicted molar refractivity (Wildman–Crippen MR) is 182 cm³/mol. The third kappa shape index (κ3) is 4.59. The Labute approximate surface area is 260 Å². The van der Waals surface area contributed by atoms with Gasteiger partial charge < -0.3 is 16.4 Å². The van der Waals surface area contributed by atoms with Crippen LogP contribution in [0.3, 0.4) is 0 Å². The van der Waals surface area contributed by atoms with Crippen molar-refractivity contribution in [2.75, 3.05) is 4.90 Å². The van der Waals surface area contributed by atoms with E-state index >= 15 is 0 Å². The third-order valence-electron chi connectivity index (χ3n) is 13.3. The Kier molecular flexibility index (Phi) is 7.25. The molecule has 1 saturated heterocycles. The Hall–Kier alpha value is -2.36. The maximum Gasteiger partial charge on any atom is 0.0453 e. The van der Waals surface area contributed by atoms with E-state index < -0.39 is 0 Å².